The van der Waals surface area contributed by atoms with E-state index in [4.69, 9.17) is 0 Å². The predicted molar refractivity (Wildman–Crippen MR) is 79.5 cm³/mol. The fraction of sp³-hybridized carbons (Fsp3) is 0.938. The molecule has 3 heterocycles. The van der Waals surface area contributed by atoms with Crippen molar-refractivity contribution >= 4 is 13.2 Å². The molecule has 3 heteroatoms. The lowest BCUT2D eigenvalue weighted by Gasteiger charge is -2.55. The molecular weight excluding hydrogens is 233 g/mol. The highest BCUT2D eigenvalue weighted by Crippen LogP contribution is 2.59. The predicted octanol–water partition coefficient (Wildman–Crippen LogP) is 3.65. The van der Waals surface area contributed by atoms with Gasteiger partial charge in [-0.15, -0.1) is 0 Å². The van der Waals surface area contributed by atoms with Crippen LogP contribution in [0.25, 0.3) is 0 Å². The molecule has 4 aliphatic rings. The molecular formula is C16H27BNO. The first kappa shape index (κ1) is 13.5. The Hall–Kier alpha value is -0.465. The zero-order valence-corrected chi connectivity index (χ0v) is 12.7. The largest absolute Gasteiger partial charge is 0.337 e. The lowest BCUT2D eigenvalue weighted by Crippen LogP contribution is -2.54. The molecule has 2 nitrogen and oxygen atoms in total. The minimum atomic E-state index is 0.373. The molecule has 4 atom stereocenters. The van der Waals surface area contributed by atoms with E-state index in [1.807, 2.05) is 0 Å². The van der Waals surface area contributed by atoms with Crippen LogP contribution in [0, 0.1) is 5.92 Å². The smallest absolute Gasteiger partial charge is 0.223 e. The van der Waals surface area contributed by atoms with Gasteiger partial charge in [0.25, 0.3) is 0 Å². The first-order valence-electron chi connectivity index (χ1n) is 8.22. The molecule has 19 heavy (non-hydrogen) atoms. The lowest BCUT2D eigenvalue weighted by molar-refractivity contribution is -0.142. The molecule has 0 aromatic heterocycles. The summed E-state index contributed by atoms with van der Waals surface area (Å²) < 4.78 is 0. The Morgan fingerprint density at radius 1 is 1.42 bits per heavy atom. The number of rotatable bonds is 2. The van der Waals surface area contributed by atoms with Gasteiger partial charge in [-0.25, -0.2) is 0 Å². The summed E-state index contributed by atoms with van der Waals surface area (Å²) in [7, 11) is 2.65. The zero-order valence-electron chi connectivity index (χ0n) is 12.7. The molecule has 0 spiro atoms. The number of hydrogen-bond acceptors (Lipinski definition) is 1. The summed E-state index contributed by atoms with van der Waals surface area (Å²) in [4.78, 5) is 14.5. The van der Waals surface area contributed by atoms with E-state index in [-0.39, 0.29) is 0 Å². The number of fused-ring (bicyclic) bond motifs is 1. The molecule has 105 valence electrons. The minimum Gasteiger partial charge on any atom is -0.337 e. The maximum Gasteiger partial charge on any atom is 0.223 e. The molecule has 0 aromatic carbocycles. The van der Waals surface area contributed by atoms with Gasteiger partial charge in [0.15, 0.2) is 0 Å². The normalized spacial score (nSPS) is 42.0. The summed E-state index contributed by atoms with van der Waals surface area (Å²) in [6.45, 7) is 6.70. The third-order valence-electron chi connectivity index (χ3n) is 5.98. The van der Waals surface area contributed by atoms with E-state index in [0.717, 1.165) is 24.6 Å². The Morgan fingerprint density at radius 2 is 2.16 bits per heavy atom. The average Bonchev–Trinajstić information content (AvgIpc) is 2.29. The number of carbonyl (C=O) groups is 1. The number of piperidine rings is 1. The third-order valence-corrected chi connectivity index (χ3v) is 5.98. The summed E-state index contributed by atoms with van der Waals surface area (Å²) in [5.41, 5.74) is 0. The molecule has 1 amide bonds. The summed E-state index contributed by atoms with van der Waals surface area (Å²) in [6, 6.07) is 0.904. The monoisotopic (exact) mass is 260 g/mol. The molecule has 4 unspecified atom stereocenters. The highest BCUT2D eigenvalue weighted by atomic mass is 16.2. The highest BCUT2D eigenvalue weighted by Gasteiger charge is 2.49. The second-order valence-electron chi connectivity index (χ2n) is 7.38. The van der Waals surface area contributed by atoms with Gasteiger partial charge in [0.2, 0.25) is 5.91 Å². The fourth-order valence-corrected chi connectivity index (χ4v) is 4.95. The number of carbonyl (C=O) groups excluding carboxylic acids is 1. The maximum absolute atomic E-state index is 12.2. The molecule has 3 saturated heterocycles. The number of amides is 1. The highest BCUT2D eigenvalue weighted by molar-refractivity contribution is 6.46. The summed E-state index contributed by atoms with van der Waals surface area (Å²) >= 11 is 0. The molecule has 4 fully saturated rings. The van der Waals surface area contributed by atoms with Gasteiger partial charge < -0.3 is 4.90 Å². The van der Waals surface area contributed by atoms with E-state index in [1.54, 1.807) is 0 Å². The van der Waals surface area contributed by atoms with Gasteiger partial charge >= 0.3 is 0 Å². The molecule has 3 aliphatic heterocycles. The van der Waals surface area contributed by atoms with Crippen molar-refractivity contribution in [3.63, 3.8) is 0 Å². The molecule has 1 saturated carbocycles. The Morgan fingerprint density at radius 3 is 2.79 bits per heavy atom. The van der Waals surface area contributed by atoms with Crippen LogP contribution in [-0.2, 0) is 4.79 Å². The van der Waals surface area contributed by atoms with Crippen LogP contribution in [0.4, 0.5) is 0 Å². The molecule has 2 bridgehead atoms. The number of likely N-dealkylation sites (tertiary alicyclic amines) is 1. The molecule has 1 aliphatic carbocycles. The third kappa shape index (κ3) is 2.23. The van der Waals surface area contributed by atoms with Gasteiger partial charge in [0.05, 0.1) is 0 Å². The van der Waals surface area contributed by atoms with E-state index in [0.29, 0.717) is 23.3 Å². The van der Waals surface area contributed by atoms with Crippen molar-refractivity contribution in [2.75, 3.05) is 0 Å². The van der Waals surface area contributed by atoms with E-state index in [1.165, 1.54) is 32.1 Å². The van der Waals surface area contributed by atoms with E-state index >= 15 is 0 Å². The Bertz CT molecular complexity index is 362. The van der Waals surface area contributed by atoms with Crippen molar-refractivity contribution in [3.8, 4) is 0 Å². The van der Waals surface area contributed by atoms with Crippen LogP contribution in [-0.4, -0.2) is 30.2 Å². The molecule has 1 radical (unpaired) electrons. The summed E-state index contributed by atoms with van der Waals surface area (Å²) in [5.74, 6) is 2.01. The molecule has 4 rings (SSSR count). The first-order chi connectivity index (χ1) is 9.04. The quantitative estimate of drug-likeness (QED) is 0.694. The zero-order chi connectivity index (χ0) is 13.6. The summed E-state index contributed by atoms with van der Waals surface area (Å²) in [6.07, 6.45) is 8.49. The Balaban J connectivity index is 1.79. The van der Waals surface area contributed by atoms with Crippen molar-refractivity contribution < 1.29 is 4.79 Å². The van der Waals surface area contributed by atoms with Gasteiger partial charge in [0.1, 0.15) is 7.28 Å². The fourth-order valence-electron chi connectivity index (χ4n) is 4.95. The average molecular weight is 260 g/mol. The summed E-state index contributed by atoms with van der Waals surface area (Å²) in [5, 5.41) is 0.527. The van der Waals surface area contributed by atoms with Crippen LogP contribution in [0.1, 0.15) is 65.7 Å². The number of nitrogens with zero attached hydrogens (tertiary/aromatic N) is 1. The van der Waals surface area contributed by atoms with Crippen LogP contribution >= 0.6 is 0 Å². The van der Waals surface area contributed by atoms with Crippen LogP contribution in [0.5, 0.6) is 0 Å². The van der Waals surface area contributed by atoms with E-state index < -0.39 is 0 Å². The minimum absolute atomic E-state index is 0.373. The van der Waals surface area contributed by atoms with Crippen molar-refractivity contribution in [2.24, 2.45) is 5.92 Å². The van der Waals surface area contributed by atoms with Gasteiger partial charge in [0, 0.05) is 18.5 Å². The van der Waals surface area contributed by atoms with Gasteiger partial charge in [-0.05, 0) is 32.6 Å². The van der Waals surface area contributed by atoms with Crippen molar-refractivity contribution in [2.45, 2.75) is 88.9 Å². The molecule has 0 aromatic rings. The SMILES string of the molecule is CCC12[B]C(CC3CCC(=O)N(C(C)C)C3CC1)C2. The van der Waals surface area contributed by atoms with E-state index in [9.17, 15) is 4.79 Å². The lowest BCUT2D eigenvalue weighted by atomic mass is 9.28. The van der Waals surface area contributed by atoms with Crippen LogP contribution in [0.3, 0.4) is 0 Å². The Kier molecular flexibility index (Phi) is 3.43. The van der Waals surface area contributed by atoms with Crippen molar-refractivity contribution in [3.05, 3.63) is 0 Å². The van der Waals surface area contributed by atoms with Crippen molar-refractivity contribution in [1.29, 1.82) is 0 Å². The second kappa shape index (κ2) is 4.82. The van der Waals surface area contributed by atoms with Crippen LogP contribution in [0.15, 0.2) is 0 Å². The first-order valence-corrected chi connectivity index (χ1v) is 8.22. The van der Waals surface area contributed by atoms with Gasteiger partial charge in [-0.3, -0.25) is 4.79 Å². The number of hydrogen-bond donors (Lipinski definition) is 0. The van der Waals surface area contributed by atoms with Crippen LogP contribution < -0.4 is 0 Å². The standard InChI is InChI=1S/C16H27BNO/c1-4-16-8-7-14-12(9-13(10-16)17-16)5-6-15(19)18(14)11(2)3/h11-14H,4-10H2,1-3H3. The van der Waals surface area contributed by atoms with Gasteiger partial charge in [-0.2, -0.15) is 0 Å². The van der Waals surface area contributed by atoms with Crippen molar-refractivity contribution in [1.82, 2.24) is 4.90 Å². The van der Waals surface area contributed by atoms with Crippen LogP contribution in [0.2, 0.25) is 11.1 Å². The topological polar surface area (TPSA) is 20.3 Å². The van der Waals surface area contributed by atoms with Gasteiger partial charge in [-0.1, -0.05) is 43.7 Å². The van der Waals surface area contributed by atoms with E-state index in [2.05, 4.69) is 33.0 Å². The maximum atomic E-state index is 12.2. The molecule has 0 N–H and O–H groups in total. The Labute approximate surface area is 118 Å². The second-order valence-corrected chi connectivity index (χ2v) is 7.38.